The number of aromatic nitrogens is 2. The van der Waals surface area contributed by atoms with Gasteiger partial charge >= 0.3 is 0 Å². The maximum Gasteiger partial charge on any atom is 0.243 e. The molecule has 116 valence electrons. The molecular formula is C15H17N3O3S. The SMILES string of the molecule is COc1ccc(S(=O)(=O)N2CCc3nc(C)ncc3C2)cc1. The Hall–Kier alpha value is -1.99. The van der Waals surface area contributed by atoms with Crippen LogP contribution < -0.4 is 4.74 Å². The molecule has 6 nitrogen and oxygen atoms in total. The van der Waals surface area contributed by atoms with Crippen LogP contribution in [0.15, 0.2) is 35.4 Å². The molecule has 1 aliphatic rings. The molecule has 0 saturated heterocycles. The first-order chi connectivity index (χ1) is 10.5. The van der Waals surface area contributed by atoms with Gasteiger partial charge in [0.05, 0.1) is 12.0 Å². The number of nitrogens with zero attached hydrogens (tertiary/aromatic N) is 3. The first-order valence-electron chi connectivity index (χ1n) is 6.96. The lowest BCUT2D eigenvalue weighted by Gasteiger charge is -2.27. The summed E-state index contributed by atoms with van der Waals surface area (Å²) in [6, 6.07) is 6.43. The molecule has 0 aliphatic carbocycles. The van der Waals surface area contributed by atoms with E-state index in [0.29, 0.717) is 31.1 Å². The van der Waals surface area contributed by atoms with Crippen LogP contribution in [0.2, 0.25) is 0 Å². The van der Waals surface area contributed by atoms with Crippen molar-refractivity contribution in [2.24, 2.45) is 0 Å². The Morgan fingerprint density at radius 2 is 1.95 bits per heavy atom. The third-order valence-electron chi connectivity index (χ3n) is 3.72. The summed E-state index contributed by atoms with van der Waals surface area (Å²) in [4.78, 5) is 8.80. The number of methoxy groups -OCH3 is 1. The van der Waals surface area contributed by atoms with E-state index in [1.165, 1.54) is 4.31 Å². The molecule has 3 rings (SSSR count). The molecule has 1 aromatic carbocycles. The normalized spacial score (nSPS) is 15.4. The number of hydrogen-bond acceptors (Lipinski definition) is 5. The fraction of sp³-hybridized carbons (Fsp3) is 0.333. The van der Waals surface area contributed by atoms with Crippen LogP contribution in [-0.2, 0) is 23.0 Å². The van der Waals surface area contributed by atoms with Gasteiger partial charge in [-0.15, -0.1) is 0 Å². The van der Waals surface area contributed by atoms with Crippen LogP contribution in [0.1, 0.15) is 17.1 Å². The molecule has 1 aromatic heterocycles. The zero-order chi connectivity index (χ0) is 15.7. The number of sulfonamides is 1. The van der Waals surface area contributed by atoms with Gasteiger partial charge in [0.2, 0.25) is 10.0 Å². The molecule has 0 atom stereocenters. The Labute approximate surface area is 129 Å². The molecular weight excluding hydrogens is 302 g/mol. The molecule has 0 bridgehead atoms. The van der Waals surface area contributed by atoms with Crippen molar-refractivity contribution >= 4 is 10.0 Å². The van der Waals surface area contributed by atoms with Crippen LogP contribution in [0.5, 0.6) is 5.75 Å². The smallest absolute Gasteiger partial charge is 0.243 e. The summed E-state index contributed by atoms with van der Waals surface area (Å²) in [7, 11) is -1.97. The van der Waals surface area contributed by atoms with E-state index in [9.17, 15) is 8.42 Å². The first-order valence-corrected chi connectivity index (χ1v) is 8.40. The van der Waals surface area contributed by atoms with Crippen molar-refractivity contribution in [1.82, 2.24) is 14.3 Å². The van der Waals surface area contributed by atoms with Crippen LogP contribution in [0, 0.1) is 6.92 Å². The summed E-state index contributed by atoms with van der Waals surface area (Å²) in [5, 5.41) is 0. The van der Waals surface area contributed by atoms with Crippen LogP contribution in [-0.4, -0.2) is 36.3 Å². The van der Waals surface area contributed by atoms with Gasteiger partial charge in [0.15, 0.2) is 0 Å². The van der Waals surface area contributed by atoms with E-state index >= 15 is 0 Å². The highest BCUT2D eigenvalue weighted by Crippen LogP contribution is 2.25. The Morgan fingerprint density at radius 1 is 1.23 bits per heavy atom. The van der Waals surface area contributed by atoms with Gasteiger partial charge in [-0.3, -0.25) is 0 Å². The zero-order valence-corrected chi connectivity index (χ0v) is 13.3. The van der Waals surface area contributed by atoms with Crippen LogP contribution in [0.4, 0.5) is 0 Å². The Kier molecular flexibility index (Phi) is 3.84. The maximum atomic E-state index is 12.7. The van der Waals surface area contributed by atoms with Crippen molar-refractivity contribution in [2.75, 3.05) is 13.7 Å². The largest absolute Gasteiger partial charge is 0.497 e. The number of rotatable bonds is 3. The molecule has 2 heterocycles. The third kappa shape index (κ3) is 2.69. The molecule has 22 heavy (non-hydrogen) atoms. The fourth-order valence-electron chi connectivity index (χ4n) is 2.49. The molecule has 2 aromatic rings. The molecule has 1 aliphatic heterocycles. The van der Waals surface area contributed by atoms with Gasteiger partial charge in [-0.1, -0.05) is 0 Å². The van der Waals surface area contributed by atoms with Gasteiger partial charge in [0.25, 0.3) is 0 Å². The monoisotopic (exact) mass is 319 g/mol. The van der Waals surface area contributed by atoms with E-state index in [1.54, 1.807) is 37.6 Å². The number of benzene rings is 1. The zero-order valence-electron chi connectivity index (χ0n) is 12.5. The highest BCUT2D eigenvalue weighted by atomic mass is 32.2. The molecule has 0 unspecified atom stereocenters. The Morgan fingerprint density at radius 3 is 2.64 bits per heavy atom. The summed E-state index contributed by atoms with van der Waals surface area (Å²) in [5.41, 5.74) is 1.81. The summed E-state index contributed by atoms with van der Waals surface area (Å²) >= 11 is 0. The van der Waals surface area contributed by atoms with Gasteiger partial charge in [-0.2, -0.15) is 4.31 Å². The lowest BCUT2D eigenvalue weighted by molar-refractivity contribution is 0.386. The predicted octanol–water partition coefficient (Wildman–Crippen LogP) is 1.54. The molecule has 0 radical (unpaired) electrons. The molecule has 0 spiro atoms. The van der Waals surface area contributed by atoms with Gasteiger partial charge in [-0.25, -0.2) is 18.4 Å². The average molecular weight is 319 g/mol. The molecule has 0 amide bonds. The second-order valence-corrected chi connectivity index (χ2v) is 7.09. The fourth-order valence-corrected chi connectivity index (χ4v) is 3.91. The number of hydrogen-bond donors (Lipinski definition) is 0. The van der Waals surface area contributed by atoms with Crippen molar-refractivity contribution in [3.63, 3.8) is 0 Å². The number of fused-ring (bicyclic) bond motifs is 1. The standard InChI is InChI=1S/C15H17N3O3S/c1-11-16-9-12-10-18(8-7-15(12)17-11)22(19,20)14-5-3-13(21-2)4-6-14/h3-6,9H,7-8,10H2,1-2H3. The van der Waals surface area contributed by atoms with E-state index in [-0.39, 0.29) is 4.90 Å². The van der Waals surface area contributed by atoms with Crippen molar-refractivity contribution in [1.29, 1.82) is 0 Å². The van der Waals surface area contributed by atoms with E-state index in [2.05, 4.69) is 9.97 Å². The summed E-state index contributed by atoms with van der Waals surface area (Å²) in [5.74, 6) is 1.34. The van der Waals surface area contributed by atoms with Gasteiger partial charge in [0, 0.05) is 37.0 Å². The highest BCUT2D eigenvalue weighted by Gasteiger charge is 2.29. The Bertz CT molecular complexity index is 788. The summed E-state index contributed by atoms with van der Waals surface area (Å²) in [6.07, 6.45) is 2.32. The predicted molar refractivity (Wildman–Crippen MR) is 81.1 cm³/mol. The van der Waals surface area contributed by atoms with Gasteiger partial charge < -0.3 is 4.74 Å². The molecule has 0 N–H and O–H groups in total. The minimum Gasteiger partial charge on any atom is -0.497 e. The highest BCUT2D eigenvalue weighted by molar-refractivity contribution is 7.89. The quantitative estimate of drug-likeness (QED) is 0.858. The molecule has 0 fully saturated rings. The van der Waals surface area contributed by atoms with E-state index in [0.717, 1.165) is 11.3 Å². The van der Waals surface area contributed by atoms with Crippen LogP contribution >= 0.6 is 0 Å². The lowest BCUT2D eigenvalue weighted by Crippen LogP contribution is -2.36. The maximum absolute atomic E-state index is 12.7. The van der Waals surface area contributed by atoms with Crippen molar-refractivity contribution in [2.45, 2.75) is 24.8 Å². The second kappa shape index (κ2) is 5.66. The van der Waals surface area contributed by atoms with E-state index in [1.807, 2.05) is 6.92 Å². The van der Waals surface area contributed by atoms with Crippen molar-refractivity contribution in [3.05, 3.63) is 47.5 Å². The van der Waals surface area contributed by atoms with Crippen molar-refractivity contribution in [3.8, 4) is 5.75 Å². The number of ether oxygens (including phenoxy) is 1. The van der Waals surface area contributed by atoms with Crippen molar-refractivity contribution < 1.29 is 13.2 Å². The van der Waals surface area contributed by atoms with Crippen LogP contribution in [0.25, 0.3) is 0 Å². The molecule has 0 saturated carbocycles. The number of aryl methyl sites for hydroxylation is 1. The Balaban J connectivity index is 1.88. The lowest BCUT2D eigenvalue weighted by atomic mass is 10.1. The minimum absolute atomic E-state index is 0.268. The van der Waals surface area contributed by atoms with Gasteiger partial charge in [0.1, 0.15) is 11.6 Å². The van der Waals surface area contributed by atoms with E-state index in [4.69, 9.17) is 4.74 Å². The summed E-state index contributed by atoms with van der Waals surface area (Å²) < 4.78 is 31.9. The minimum atomic E-state index is -3.52. The average Bonchev–Trinajstić information content (AvgIpc) is 2.54. The van der Waals surface area contributed by atoms with E-state index < -0.39 is 10.0 Å². The van der Waals surface area contributed by atoms with Crippen LogP contribution in [0.3, 0.4) is 0 Å². The first kappa shape index (κ1) is 14.9. The molecule has 7 heteroatoms. The third-order valence-corrected chi connectivity index (χ3v) is 5.58. The second-order valence-electron chi connectivity index (χ2n) is 5.15. The topological polar surface area (TPSA) is 72.4 Å². The van der Waals surface area contributed by atoms with Gasteiger partial charge in [-0.05, 0) is 31.2 Å². The summed E-state index contributed by atoms with van der Waals surface area (Å²) in [6.45, 7) is 2.57.